The van der Waals surface area contributed by atoms with E-state index in [0.29, 0.717) is 29.8 Å². The second-order valence-corrected chi connectivity index (χ2v) is 6.84. The molecule has 2 aromatic rings. The normalized spacial score (nSPS) is 16.6. The van der Waals surface area contributed by atoms with Gasteiger partial charge in [-0.1, -0.05) is 26.2 Å². The van der Waals surface area contributed by atoms with Gasteiger partial charge in [-0.25, -0.2) is 18.7 Å². The third kappa shape index (κ3) is 3.91. The van der Waals surface area contributed by atoms with Crippen molar-refractivity contribution in [2.24, 2.45) is 0 Å². The monoisotopic (exact) mass is 344 g/mol. The number of halogens is 2. The first-order chi connectivity index (χ1) is 12.0. The number of Topliss-reactive ketones (excluding diaryl/α,β-unsaturated/α-hetero) is 1. The molecule has 0 aliphatic heterocycles. The average molecular weight is 344 g/mol. The smallest absolute Gasteiger partial charge is 0.165 e. The molecule has 0 spiro atoms. The van der Waals surface area contributed by atoms with Crippen LogP contribution in [0, 0.1) is 11.6 Å². The lowest BCUT2D eigenvalue weighted by molar-refractivity contribution is 0.0987. The fraction of sp³-hybridized carbons (Fsp3) is 0.450. The lowest BCUT2D eigenvalue weighted by atomic mass is 9.67. The van der Waals surface area contributed by atoms with E-state index >= 15 is 0 Å². The van der Waals surface area contributed by atoms with E-state index in [-0.39, 0.29) is 11.2 Å². The predicted molar refractivity (Wildman–Crippen MR) is 91.5 cm³/mol. The zero-order valence-electron chi connectivity index (χ0n) is 14.4. The number of rotatable bonds is 5. The molecule has 0 bridgehead atoms. The Bertz CT molecular complexity index is 733. The van der Waals surface area contributed by atoms with Gasteiger partial charge in [0.05, 0.1) is 5.56 Å². The van der Waals surface area contributed by atoms with Crippen molar-refractivity contribution < 1.29 is 13.6 Å². The van der Waals surface area contributed by atoms with Crippen molar-refractivity contribution in [1.82, 2.24) is 9.97 Å². The Morgan fingerprint density at radius 2 is 1.64 bits per heavy atom. The van der Waals surface area contributed by atoms with Crippen LogP contribution in [0.3, 0.4) is 0 Å². The lowest BCUT2D eigenvalue weighted by Crippen LogP contribution is -2.32. The summed E-state index contributed by atoms with van der Waals surface area (Å²) in [5.41, 5.74) is 0.833. The second-order valence-electron chi connectivity index (χ2n) is 6.84. The summed E-state index contributed by atoms with van der Waals surface area (Å²) in [6, 6.07) is 3.77. The first kappa shape index (κ1) is 17.6. The van der Waals surface area contributed by atoms with E-state index in [9.17, 15) is 13.6 Å². The SMILES string of the molecule is CCC(=O)c1cnc(CC2(c3cc(F)cc(F)c3)CCCCC2)nc1. The summed E-state index contributed by atoms with van der Waals surface area (Å²) < 4.78 is 27.5. The summed E-state index contributed by atoms with van der Waals surface area (Å²) >= 11 is 0. The Labute approximate surface area is 146 Å². The number of ketones is 1. The number of hydrogen-bond donors (Lipinski definition) is 0. The topological polar surface area (TPSA) is 42.9 Å². The van der Waals surface area contributed by atoms with Crippen molar-refractivity contribution in [3.05, 3.63) is 59.2 Å². The zero-order valence-corrected chi connectivity index (χ0v) is 14.4. The number of hydrogen-bond acceptors (Lipinski definition) is 3. The van der Waals surface area contributed by atoms with Crippen LogP contribution in [-0.4, -0.2) is 15.8 Å². The minimum absolute atomic E-state index is 0.00568. The fourth-order valence-corrected chi connectivity index (χ4v) is 3.75. The number of carbonyl (C=O) groups excluding carboxylic acids is 1. The summed E-state index contributed by atoms with van der Waals surface area (Å²) in [5, 5.41) is 0. The molecule has 3 nitrogen and oxygen atoms in total. The number of aromatic nitrogens is 2. The van der Waals surface area contributed by atoms with Gasteiger partial charge in [0.1, 0.15) is 17.5 Å². The summed E-state index contributed by atoms with van der Waals surface area (Å²) in [7, 11) is 0. The van der Waals surface area contributed by atoms with Gasteiger partial charge in [0, 0.05) is 36.7 Å². The van der Waals surface area contributed by atoms with Gasteiger partial charge in [0.25, 0.3) is 0 Å². The largest absolute Gasteiger partial charge is 0.294 e. The first-order valence-corrected chi connectivity index (χ1v) is 8.83. The van der Waals surface area contributed by atoms with E-state index in [1.807, 2.05) is 0 Å². The van der Waals surface area contributed by atoms with E-state index in [4.69, 9.17) is 0 Å². The molecule has 1 saturated carbocycles. The summed E-state index contributed by atoms with van der Waals surface area (Å²) in [6.45, 7) is 1.80. The number of carbonyl (C=O) groups is 1. The molecule has 1 aliphatic carbocycles. The lowest BCUT2D eigenvalue weighted by Gasteiger charge is -2.37. The van der Waals surface area contributed by atoms with Crippen LogP contribution in [-0.2, 0) is 11.8 Å². The summed E-state index contributed by atoms with van der Waals surface area (Å²) in [5.74, 6) is -0.486. The summed E-state index contributed by atoms with van der Waals surface area (Å²) in [6.07, 6.45) is 8.92. The Morgan fingerprint density at radius 1 is 1.04 bits per heavy atom. The molecular formula is C20H22F2N2O. The maximum absolute atomic E-state index is 13.8. The predicted octanol–water partition coefficient (Wildman–Crippen LogP) is 4.79. The van der Waals surface area contributed by atoms with Crippen LogP contribution >= 0.6 is 0 Å². The Hall–Kier alpha value is -2.17. The third-order valence-corrected chi connectivity index (χ3v) is 5.13. The minimum atomic E-state index is -0.551. The van der Waals surface area contributed by atoms with Gasteiger partial charge in [0.2, 0.25) is 0 Å². The van der Waals surface area contributed by atoms with Gasteiger partial charge in [-0.2, -0.15) is 0 Å². The molecule has 132 valence electrons. The highest BCUT2D eigenvalue weighted by Crippen LogP contribution is 2.42. The molecule has 5 heteroatoms. The standard InChI is InChI=1S/C20H22F2N2O/c1-2-18(25)14-12-23-19(24-13-14)11-20(6-4-3-5-7-20)15-8-16(21)10-17(22)9-15/h8-10,12-13H,2-7,11H2,1H3. The van der Waals surface area contributed by atoms with Crippen LogP contribution in [0.2, 0.25) is 0 Å². The van der Waals surface area contributed by atoms with E-state index in [1.54, 1.807) is 19.3 Å². The molecule has 0 atom stereocenters. The van der Waals surface area contributed by atoms with Gasteiger partial charge in [-0.3, -0.25) is 4.79 Å². The van der Waals surface area contributed by atoms with Crippen LogP contribution in [0.5, 0.6) is 0 Å². The highest BCUT2D eigenvalue weighted by atomic mass is 19.1. The Kier molecular flexibility index (Phi) is 5.21. The van der Waals surface area contributed by atoms with Crippen molar-refractivity contribution in [2.45, 2.75) is 57.3 Å². The van der Waals surface area contributed by atoms with Crippen molar-refractivity contribution in [3.8, 4) is 0 Å². The molecule has 1 heterocycles. The molecule has 0 saturated heterocycles. The molecule has 1 aromatic carbocycles. The van der Waals surface area contributed by atoms with Crippen molar-refractivity contribution in [2.75, 3.05) is 0 Å². The van der Waals surface area contributed by atoms with E-state index < -0.39 is 11.6 Å². The van der Waals surface area contributed by atoms with Crippen LogP contribution in [0.1, 0.15) is 67.2 Å². The minimum Gasteiger partial charge on any atom is -0.294 e. The van der Waals surface area contributed by atoms with Crippen LogP contribution in [0.15, 0.2) is 30.6 Å². The van der Waals surface area contributed by atoms with Crippen molar-refractivity contribution in [3.63, 3.8) is 0 Å². The van der Waals surface area contributed by atoms with Gasteiger partial charge in [0.15, 0.2) is 5.78 Å². The molecule has 25 heavy (non-hydrogen) atoms. The molecule has 0 N–H and O–H groups in total. The molecule has 0 radical (unpaired) electrons. The van der Waals surface area contributed by atoms with Crippen molar-refractivity contribution in [1.29, 1.82) is 0 Å². The number of benzene rings is 1. The molecule has 0 unspecified atom stereocenters. The zero-order chi connectivity index (χ0) is 17.9. The van der Waals surface area contributed by atoms with E-state index in [1.165, 1.54) is 12.1 Å². The molecule has 1 aliphatic rings. The van der Waals surface area contributed by atoms with Gasteiger partial charge in [-0.15, -0.1) is 0 Å². The van der Waals surface area contributed by atoms with E-state index in [2.05, 4.69) is 9.97 Å². The van der Waals surface area contributed by atoms with Crippen LogP contribution < -0.4 is 0 Å². The molecular weight excluding hydrogens is 322 g/mol. The maximum Gasteiger partial charge on any atom is 0.165 e. The fourth-order valence-electron chi connectivity index (χ4n) is 3.75. The van der Waals surface area contributed by atoms with Crippen molar-refractivity contribution >= 4 is 5.78 Å². The Morgan fingerprint density at radius 3 is 2.20 bits per heavy atom. The molecule has 1 fully saturated rings. The second kappa shape index (κ2) is 7.38. The average Bonchev–Trinajstić information content (AvgIpc) is 2.62. The molecule has 1 aromatic heterocycles. The number of nitrogens with zero attached hydrogens (tertiary/aromatic N) is 2. The van der Waals surface area contributed by atoms with Gasteiger partial charge >= 0.3 is 0 Å². The van der Waals surface area contributed by atoms with E-state index in [0.717, 1.165) is 38.2 Å². The van der Waals surface area contributed by atoms with Gasteiger partial charge in [-0.05, 0) is 30.5 Å². The maximum atomic E-state index is 13.8. The van der Waals surface area contributed by atoms with Crippen LogP contribution in [0.4, 0.5) is 8.78 Å². The highest BCUT2D eigenvalue weighted by Gasteiger charge is 2.35. The van der Waals surface area contributed by atoms with Gasteiger partial charge < -0.3 is 0 Å². The third-order valence-electron chi connectivity index (χ3n) is 5.13. The first-order valence-electron chi connectivity index (χ1n) is 8.83. The molecule has 0 amide bonds. The highest BCUT2D eigenvalue weighted by molar-refractivity contribution is 5.95. The summed E-state index contributed by atoms with van der Waals surface area (Å²) in [4.78, 5) is 20.4. The Balaban J connectivity index is 1.92. The van der Waals surface area contributed by atoms with Crippen LogP contribution in [0.25, 0.3) is 0 Å². The quantitative estimate of drug-likeness (QED) is 0.732. The molecule has 3 rings (SSSR count).